The van der Waals surface area contributed by atoms with Gasteiger partial charge in [0.05, 0.1) is 12.4 Å². The molecule has 2 rings (SSSR count). The third kappa shape index (κ3) is 8.31. The van der Waals surface area contributed by atoms with Crippen LogP contribution >= 0.6 is 0 Å². The summed E-state index contributed by atoms with van der Waals surface area (Å²) in [6.07, 6.45) is 8.36. The van der Waals surface area contributed by atoms with Crippen molar-refractivity contribution in [3.05, 3.63) is 59.4 Å². The zero-order valence-corrected chi connectivity index (χ0v) is 16.7. The highest BCUT2D eigenvalue weighted by Gasteiger charge is 2.15. The van der Waals surface area contributed by atoms with Crippen molar-refractivity contribution in [2.75, 3.05) is 26.2 Å². The molecule has 0 spiro atoms. The topological polar surface area (TPSA) is 79.2 Å². The molecule has 148 valence electrons. The maximum absolute atomic E-state index is 11.9. The van der Waals surface area contributed by atoms with Crippen molar-refractivity contribution >= 4 is 5.91 Å². The summed E-state index contributed by atoms with van der Waals surface area (Å²) in [5, 5.41) is 9.41. The van der Waals surface area contributed by atoms with Gasteiger partial charge in [0, 0.05) is 13.1 Å². The minimum atomic E-state index is 0.0467. The summed E-state index contributed by atoms with van der Waals surface area (Å²) in [6, 6.07) is 10.2. The molecular formula is C22H34N4O. The highest BCUT2D eigenvalue weighted by Crippen LogP contribution is 2.24. The molecule has 1 amide bonds. The zero-order chi connectivity index (χ0) is 19.5. The predicted octanol–water partition coefficient (Wildman–Crippen LogP) is 2.46. The highest BCUT2D eigenvalue weighted by molar-refractivity contribution is 5.77. The van der Waals surface area contributed by atoms with Crippen molar-refractivity contribution < 1.29 is 4.79 Å². The Hall–Kier alpha value is -2.27. The smallest absolute Gasteiger partial charge is 0.233 e. The van der Waals surface area contributed by atoms with Crippen LogP contribution in [-0.2, 0) is 11.2 Å². The number of carbonyl (C=O) groups excluding carboxylic acids is 1. The average Bonchev–Trinajstić information content (AvgIpc) is 2.66. The largest absolute Gasteiger partial charge is 0.385 e. The minimum absolute atomic E-state index is 0.0467. The molecule has 0 fully saturated rings. The Balaban J connectivity index is 1.61. The van der Waals surface area contributed by atoms with Crippen molar-refractivity contribution in [3.63, 3.8) is 0 Å². The van der Waals surface area contributed by atoms with Crippen LogP contribution in [0.25, 0.3) is 0 Å². The summed E-state index contributed by atoms with van der Waals surface area (Å²) in [7, 11) is 0. The van der Waals surface area contributed by atoms with Crippen LogP contribution in [0, 0.1) is 5.41 Å². The van der Waals surface area contributed by atoms with Crippen molar-refractivity contribution in [2.24, 2.45) is 11.1 Å². The molecule has 1 heterocycles. The molecule has 5 nitrogen and oxygen atoms in total. The molecule has 0 saturated carbocycles. The van der Waals surface area contributed by atoms with Gasteiger partial charge < -0.3 is 21.7 Å². The molecule has 0 aromatic heterocycles. The number of nitrogens with one attached hydrogen (secondary N) is 3. The standard InChI is InChI=1S/C22H34N4O/c1-22(2,12-10-19-9-6-14-26-21(19)23)13-16-24-17-20(27)25-15-11-18-7-4-3-5-8-18/h3-5,7-8,10,12,24,26H,6,9,11,13-17,23H2,1-2H3,(H,25,27)/b12-10-. The number of amides is 1. The maximum Gasteiger partial charge on any atom is 0.233 e. The number of hydrogen-bond donors (Lipinski definition) is 4. The fourth-order valence-electron chi connectivity index (χ4n) is 3.00. The first-order valence-corrected chi connectivity index (χ1v) is 9.89. The molecule has 0 radical (unpaired) electrons. The summed E-state index contributed by atoms with van der Waals surface area (Å²) in [4.78, 5) is 11.9. The summed E-state index contributed by atoms with van der Waals surface area (Å²) in [6.45, 7) is 7.20. The van der Waals surface area contributed by atoms with Gasteiger partial charge in [0.2, 0.25) is 5.91 Å². The van der Waals surface area contributed by atoms with Crippen LogP contribution in [0.2, 0.25) is 0 Å². The first-order chi connectivity index (χ1) is 13.0. The van der Waals surface area contributed by atoms with E-state index in [9.17, 15) is 4.79 Å². The molecule has 27 heavy (non-hydrogen) atoms. The van der Waals surface area contributed by atoms with Gasteiger partial charge in [0.15, 0.2) is 0 Å². The molecule has 1 aromatic carbocycles. The predicted molar refractivity (Wildman–Crippen MR) is 112 cm³/mol. The van der Waals surface area contributed by atoms with Gasteiger partial charge in [-0.05, 0) is 48.8 Å². The van der Waals surface area contributed by atoms with Crippen LogP contribution in [0.5, 0.6) is 0 Å². The summed E-state index contributed by atoms with van der Waals surface area (Å²) >= 11 is 0. The van der Waals surface area contributed by atoms with E-state index in [1.54, 1.807) is 0 Å². The number of carbonyl (C=O) groups is 1. The van der Waals surface area contributed by atoms with Gasteiger partial charge in [-0.3, -0.25) is 4.79 Å². The van der Waals surface area contributed by atoms with Crippen LogP contribution in [0.3, 0.4) is 0 Å². The molecule has 5 heteroatoms. The van der Waals surface area contributed by atoms with Crippen molar-refractivity contribution in [1.82, 2.24) is 16.0 Å². The molecule has 0 atom stereocenters. The van der Waals surface area contributed by atoms with Gasteiger partial charge in [0.25, 0.3) is 0 Å². The van der Waals surface area contributed by atoms with Crippen LogP contribution in [-0.4, -0.2) is 32.1 Å². The van der Waals surface area contributed by atoms with E-state index < -0.39 is 0 Å². The van der Waals surface area contributed by atoms with Gasteiger partial charge in [-0.2, -0.15) is 0 Å². The Kier molecular flexibility index (Phi) is 8.40. The van der Waals surface area contributed by atoms with Gasteiger partial charge in [-0.1, -0.05) is 56.3 Å². The Morgan fingerprint density at radius 2 is 2.04 bits per heavy atom. The number of benzene rings is 1. The van der Waals surface area contributed by atoms with E-state index in [1.165, 1.54) is 11.1 Å². The normalized spacial score (nSPS) is 15.0. The van der Waals surface area contributed by atoms with Crippen LogP contribution in [0.4, 0.5) is 0 Å². The van der Waals surface area contributed by atoms with E-state index in [4.69, 9.17) is 5.73 Å². The quantitative estimate of drug-likeness (QED) is 0.477. The Labute approximate surface area is 163 Å². The lowest BCUT2D eigenvalue weighted by Gasteiger charge is -2.22. The summed E-state index contributed by atoms with van der Waals surface area (Å²) in [5.74, 6) is 0.851. The third-order valence-electron chi connectivity index (χ3n) is 4.83. The van der Waals surface area contributed by atoms with Crippen molar-refractivity contribution in [2.45, 2.75) is 39.5 Å². The fourth-order valence-corrected chi connectivity index (χ4v) is 3.00. The van der Waals surface area contributed by atoms with E-state index >= 15 is 0 Å². The van der Waals surface area contributed by atoms with Crippen LogP contribution in [0.15, 0.2) is 53.9 Å². The Morgan fingerprint density at radius 1 is 1.26 bits per heavy atom. The first kappa shape index (κ1) is 21.0. The van der Waals surface area contributed by atoms with E-state index in [0.29, 0.717) is 13.1 Å². The van der Waals surface area contributed by atoms with Gasteiger partial charge in [-0.15, -0.1) is 0 Å². The van der Waals surface area contributed by atoms with E-state index in [1.807, 2.05) is 18.2 Å². The summed E-state index contributed by atoms with van der Waals surface area (Å²) in [5.41, 5.74) is 8.49. The summed E-state index contributed by atoms with van der Waals surface area (Å²) < 4.78 is 0. The molecule has 1 aromatic rings. The van der Waals surface area contributed by atoms with E-state index in [-0.39, 0.29) is 11.3 Å². The molecule has 5 N–H and O–H groups in total. The van der Waals surface area contributed by atoms with E-state index in [2.05, 4.69) is 54.1 Å². The average molecular weight is 371 g/mol. The molecule has 0 bridgehead atoms. The number of rotatable bonds is 10. The minimum Gasteiger partial charge on any atom is -0.385 e. The van der Waals surface area contributed by atoms with Crippen LogP contribution in [0.1, 0.15) is 38.7 Å². The fraction of sp³-hybridized carbons (Fsp3) is 0.500. The second-order valence-corrected chi connectivity index (χ2v) is 7.80. The third-order valence-corrected chi connectivity index (χ3v) is 4.83. The lowest BCUT2D eigenvalue weighted by atomic mass is 9.87. The van der Waals surface area contributed by atoms with Gasteiger partial charge in [-0.25, -0.2) is 0 Å². The van der Waals surface area contributed by atoms with Crippen LogP contribution < -0.4 is 21.7 Å². The lowest BCUT2D eigenvalue weighted by molar-refractivity contribution is -0.120. The SMILES string of the molecule is CC(C)(/C=C\C1=C(N)NCCC1)CCNCC(=O)NCCc1ccccc1. The lowest BCUT2D eigenvalue weighted by Crippen LogP contribution is -2.36. The molecular weight excluding hydrogens is 336 g/mol. The maximum atomic E-state index is 11.9. The van der Waals surface area contributed by atoms with Gasteiger partial charge in [0.1, 0.15) is 0 Å². The molecule has 1 aliphatic heterocycles. The number of nitrogens with two attached hydrogens (primary N) is 1. The highest BCUT2D eigenvalue weighted by atomic mass is 16.1. The molecule has 1 aliphatic rings. The van der Waals surface area contributed by atoms with Crippen molar-refractivity contribution in [1.29, 1.82) is 0 Å². The first-order valence-electron chi connectivity index (χ1n) is 9.89. The number of allylic oxidation sites excluding steroid dienone is 3. The van der Waals surface area contributed by atoms with Crippen molar-refractivity contribution in [3.8, 4) is 0 Å². The van der Waals surface area contributed by atoms with E-state index in [0.717, 1.165) is 44.6 Å². The monoisotopic (exact) mass is 370 g/mol. The molecule has 0 unspecified atom stereocenters. The Morgan fingerprint density at radius 3 is 2.78 bits per heavy atom. The zero-order valence-electron chi connectivity index (χ0n) is 16.7. The second-order valence-electron chi connectivity index (χ2n) is 7.80. The Bertz CT molecular complexity index is 650. The molecule has 0 aliphatic carbocycles. The number of hydrogen-bond acceptors (Lipinski definition) is 4. The second kappa shape index (κ2) is 10.8. The van der Waals surface area contributed by atoms with Gasteiger partial charge >= 0.3 is 0 Å². The molecule has 0 saturated heterocycles.